The molecule has 160 valence electrons. The van der Waals surface area contributed by atoms with Crippen LogP contribution in [0.15, 0.2) is 53.6 Å². The monoisotopic (exact) mass is 406 g/mol. The maximum atomic E-state index is 12.4. The first kappa shape index (κ1) is 22.1. The molecular weight excluding hydrogens is 372 g/mol. The molecule has 4 nitrogen and oxygen atoms in total. The molecule has 0 saturated heterocycles. The summed E-state index contributed by atoms with van der Waals surface area (Å²) < 4.78 is 5.88. The summed E-state index contributed by atoms with van der Waals surface area (Å²) in [5.41, 5.74) is 6.78. The van der Waals surface area contributed by atoms with Crippen LogP contribution in [-0.4, -0.2) is 11.6 Å². The molecular formula is C26H34N2O2. The number of amides is 1. The number of carbonyl (C=O) groups is 1. The molecule has 0 spiro atoms. The zero-order valence-electron chi connectivity index (χ0n) is 18.7. The number of ether oxygens (including phenoxy) is 1. The van der Waals surface area contributed by atoms with Crippen molar-refractivity contribution in [2.75, 3.05) is 0 Å². The van der Waals surface area contributed by atoms with E-state index in [1.165, 1.54) is 37.7 Å². The molecule has 1 aliphatic carbocycles. The number of nitrogens with one attached hydrogen (secondary N) is 1. The van der Waals surface area contributed by atoms with Crippen molar-refractivity contribution in [3.63, 3.8) is 0 Å². The third-order valence-corrected chi connectivity index (χ3v) is 5.87. The molecule has 2 aromatic rings. The Morgan fingerprint density at radius 2 is 1.63 bits per heavy atom. The largest absolute Gasteiger partial charge is 0.489 e. The van der Waals surface area contributed by atoms with Crippen LogP contribution in [0.2, 0.25) is 0 Å². The van der Waals surface area contributed by atoms with E-state index in [0.29, 0.717) is 18.1 Å². The standard InChI is InChI=1S/C26H34N2O2/c1-19(21-8-6-5-7-9-21)27-28-25(29)22-12-10-20(11-13-22)18-30-24-16-14-23(15-17-24)26(2,3)4/h10-17,21H,5-9,18H2,1-4H3,(H,28,29)/b27-19+. The van der Waals surface area contributed by atoms with Crippen molar-refractivity contribution in [3.8, 4) is 5.75 Å². The number of hydrogen-bond acceptors (Lipinski definition) is 3. The van der Waals surface area contributed by atoms with Gasteiger partial charge in [0.05, 0.1) is 0 Å². The molecule has 0 unspecified atom stereocenters. The van der Waals surface area contributed by atoms with Crippen molar-refractivity contribution in [1.29, 1.82) is 0 Å². The Morgan fingerprint density at radius 1 is 1.00 bits per heavy atom. The molecule has 1 saturated carbocycles. The van der Waals surface area contributed by atoms with Gasteiger partial charge in [-0.3, -0.25) is 4.79 Å². The van der Waals surface area contributed by atoms with Gasteiger partial charge in [0.1, 0.15) is 12.4 Å². The van der Waals surface area contributed by atoms with E-state index in [0.717, 1.165) is 17.0 Å². The number of nitrogens with zero attached hydrogens (tertiary/aromatic N) is 1. The van der Waals surface area contributed by atoms with Gasteiger partial charge in [0, 0.05) is 11.3 Å². The lowest BCUT2D eigenvalue weighted by Gasteiger charge is -2.21. The summed E-state index contributed by atoms with van der Waals surface area (Å²) >= 11 is 0. The Labute approximate surface area is 180 Å². The molecule has 0 atom stereocenters. The van der Waals surface area contributed by atoms with E-state index in [1.807, 2.05) is 43.3 Å². The van der Waals surface area contributed by atoms with Crippen LogP contribution in [0.25, 0.3) is 0 Å². The Balaban J connectivity index is 1.51. The van der Waals surface area contributed by atoms with Crippen LogP contribution < -0.4 is 10.2 Å². The second-order valence-corrected chi connectivity index (χ2v) is 9.29. The average molecular weight is 407 g/mol. The third-order valence-electron chi connectivity index (χ3n) is 5.87. The van der Waals surface area contributed by atoms with Gasteiger partial charge in [0.2, 0.25) is 0 Å². The normalized spacial score (nSPS) is 15.7. The van der Waals surface area contributed by atoms with Gasteiger partial charge in [-0.25, -0.2) is 5.43 Å². The fourth-order valence-corrected chi connectivity index (χ4v) is 3.79. The maximum Gasteiger partial charge on any atom is 0.271 e. The lowest BCUT2D eigenvalue weighted by Crippen LogP contribution is -2.23. The molecule has 0 heterocycles. The summed E-state index contributed by atoms with van der Waals surface area (Å²) in [6.07, 6.45) is 6.19. The number of benzene rings is 2. The van der Waals surface area contributed by atoms with Crippen LogP contribution in [0, 0.1) is 5.92 Å². The van der Waals surface area contributed by atoms with E-state index in [4.69, 9.17) is 4.74 Å². The molecule has 2 aromatic carbocycles. The van der Waals surface area contributed by atoms with Gasteiger partial charge in [-0.1, -0.05) is 64.3 Å². The lowest BCUT2D eigenvalue weighted by atomic mass is 9.86. The molecule has 1 aliphatic rings. The molecule has 1 amide bonds. The molecule has 30 heavy (non-hydrogen) atoms. The van der Waals surface area contributed by atoms with Crippen molar-refractivity contribution >= 4 is 11.6 Å². The van der Waals surface area contributed by atoms with Gasteiger partial charge < -0.3 is 4.74 Å². The van der Waals surface area contributed by atoms with Gasteiger partial charge in [-0.05, 0) is 66.5 Å². The highest BCUT2D eigenvalue weighted by atomic mass is 16.5. The predicted octanol–water partition coefficient (Wildman–Crippen LogP) is 6.25. The van der Waals surface area contributed by atoms with Crippen LogP contribution in [-0.2, 0) is 12.0 Å². The van der Waals surface area contributed by atoms with Crippen LogP contribution in [0.1, 0.15) is 81.3 Å². The first-order valence-electron chi connectivity index (χ1n) is 11.0. The summed E-state index contributed by atoms with van der Waals surface area (Å²) in [4.78, 5) is 12.4. The zero-order chi connectivity index (χ0) is 21.6. The Bertz CT molecular complexity index is 855. The van der Waals surface area contributed by atoms with E-state index < -0.39 is 0 Å². The Kier molecular flexibility index (Phi) is 7.30. The van der Waals surface area contributed by atoms with Crippen LogP contribution in [0.5, 0.6) is 5.75 Å². The fraction of sp³-hybridized carbons (Fsp3) is 0.462. The molecule has 3 rings (SSSR count). The molecule has 4 heteroatoms. The van der Waals surface area contributed by atoms with Crippen LogP contribution in [0.4, 0.5) is 0 Å². The van der Waals surface area contributed by atoms with Crippen molar-refractivity contribution in [2.45, 2.75) is 71.8 Å². The molecule has 1 fully saturated rings. The number of hydrazone groups is 1. The van der Waals surface area contributed by atoms with Crippen molar-refractivity contribution in [2.24, 2.45) is 11.0 Å². The third kappa shape index (κ3) is 6.19. The highest BCUT2D eigenvalue weighted by molar-refractivity contribution is 5.95. The summed E-state index contributed by atoms with van der Waals surface area (Å²) in [5.74, 6) is 1.18. The summed E-state index contributed by atoms with van der Waals surface area (Å²) in [6, 6.07) is 15.7. The minimum atomic E-state index is -0.171. The van der Waals surface area contributed by atoms with E-state index in [9.17, 15) is 4.79 Å². The van der Waals surface area contributed by atoms with E-state index >= 15 is 0 Å². The minimum Gasteiger partial charge on any atom is -0.489 e. The van der Waals surface area contributed by atoms with E-state index in [1.54, 1.807) is 0 Å². The second-order valence-electron chi connectivity index (χ2n) is 9.29. The van der Waals surface area contributed by atoms with Crippen molar-refractivity contribution < 1.29 is 9.53 Å². The van der Waals surface area contributed by atoms with E-state index in [2.05, 4.69) is 43.4 Å². The van der Waals surface area contributed by atoms with Gasteiger partial charge >= 0.3 is 0 Å². The Hall–Kier alpha value is -2.62. The van der Waals surface area contributed by atoms with Crippen LogP contribution in [0.3, 0.4) is 0 Å². The van der Waals surface area contributed by atoms with Gasteiger partial charge in [0.15, 0.2) is 0 Å². The molecule has 0 bridgehead atoms. The quantitative estimate of drug-likeness (QED) is 0.455. The van der Waals surface area contributed by atoms with Crippen molar-refractivity contribution in [1.82, 2.24) is 5.43 Å². The van der Waals surface area contributed by atoms with E-state index in [-0.39, 0.29) is 11.3 Å². The first-order chi connectivity index (χ1) is 14.3. The highest BCUT2D eigenvalue weighted by Crippen LogP contribution is 2.25. The highest BCUT2D eigenvalue weighted by Gasteiger charge is 2.16. The second kappa shape index (κ2) is 9.92. The molecule has 0 aliphatic heterocycles. The fourth-order valence-electron chi connectivity index (χ4n) is 3.79. The first-order valence-corrected chi connectivity index (χ1v) is 11.0. The lowest BCUT2D eigenvalue weighted by molar-refractivity contribution is 0.0954. The zero-order valence-corrected chi connectivity index (χ0v) is 18.7. The summed E-state index contributed by atoms with van der Waals surface area (Å²) in [5, 5.41) is 4.34. The van der Waals surface area contributed by atoms with Crippen LogP contribution >= 0.6 is 0 Å². The Morgan fingerprint density at radius 3 is 2.23 bits per heavy atom. The van der Waals surface area contributed by atoms with Gasteiger partial charge in [-0.15, -0.1) is 0 Å². The summed E-state index contributed by atoms with van der Waals surface area (Å²) in [7, 11) is 0. The average Bonchev–Trinajstić information content (AvgIpc) is 2.76. The van der Waals surface area contributed by atoms with Gasteiger partial charge in [-0.2, -0.15) is 5.10 Å². The number of hydrogen-bond donors (Lipinski definition) is 1. The SMILES string of the molecule is C/C(=N\NC(=O)c1ccc(COc2ccc(C(C)(C)C)cc2)cc1)C1CCCCC1. The van der Waals surface area contributed by atoms with Crippen molar-refractivity contribution in [3.05, 3.63) is 65.2 Å². The maximum absolute atomic E-state index is 12.4. The van der Waals surface area contributed by atoms with Gasteiger partial charge in [0.25, 0.3) is 5.91 Å². The summed E-state index contributed by atoms with van der Waals surface area (Å²) in [6.45, 7) is 9.08. The molecule has 0 radical (unpaired) electrons. The number of rotatable bonds is 6. The predicted molar refractivity (Wildman–Crippen MR) is 123 cm³/mol. The minimum absolute atomic E-state index is 0.133. The molecule has 1 N–H and O–H groups in total. The number of carbonyl (C=O) groups excluding carboxylic acids is 1. The topological polar surface area (TPSA) is 50.7 Å². The molecule has 0 aromatic heterocycles. The smallest absolute Gasteiger partial charge is 0.271 e.